The molecule has 0 aromatic heterocycles. The van der Waals surface area contributed by atoms with Gasteiger partial charge in [-0.3, -0.25) is 9.05 Å². The van der Waals surface area contributed by atoms with Crippen LogP contribution in [0.25, 0.3) is 0 Å². The van der Waals surface area contributed by atoms with E-state index in [2.05, 4.69) is 0 Å². The summed E-state index contributed by atoms with van der Waals surface area (Å²) in [6, 6.07) is 0. The lowest BCUT2D eigenvalue weighted by Crippen LogP contribution is -2.06. The monoisotopic (exact) mass is 178 g/mol. The molecule has 0 aromatic rings. The highest BCUT2D eigenvalue weighted by molar-refractivity contribution is 7.48. The van der Waals surface area contributed by atoms with Gasteiger partial charge < -0.3 is 4.52 Å². The molecule has 0 amide bonds. The average molecular weight is 178 g/mol. The predicted octanol–water partition coefficient (Wildman–Crippen LogP) is 2.08. The number of rotatable bonds is 2. The molecule has 0 radical (unpaired) electrons. The van der Waals surface area contributed by atoms with Gasteiger partial charge in [0, 0.05) is 0 Å². The lowest BCUT2D eigenvalue weighted by Gasteiger charge is -2.20. The maximum absolute atomic E-state index is 11.3. The SMILES string of the molecule is CC(C)OP1(=O)OC=CCO1. The van der Waals surface area contributed by atoms with Gasteiger partial charge in [0.2, 0.25) is 0 Å². The van der Waals surface area contributed by atoms with E-state index >= 15 is 0 Å². The van der Waals surface area contributed by atoms with Crippen molar-refractivity contribution in [1.29, 1.82) is 0 Å². The van der Waals surface area contributed by atoms with Gasteiger partial charge in [-0.1, -0.05) is 0 Å². The van der Waals surface area contributed by atoms with E-state index in [9.17, 15) is 4.57 Å². The van der Waals surface area contributed by atoms with Crippen LogP contribution in [0.1, 0.15) is 13.8 Å². The maximum Gasteiger partial charge on any atom is 0.530 e. The van der Waals surface area contributed by atoms with Crippen LogP contribution in [-0.2, 0) is 18.1 Å². The molecule has 0 spiro atoms. The molecule has 1 unspecified atom stereocenters. The summed E-state index contributed by atoms with van der Waals surface area (Å²) < 4.78 is 25.8. The molecular weight excluding hydrogens is 167 g/mol. The van der Waals surface area contributed by atoms with E-state index in [1.165, 1.54) is 6.26 Å². The minimum Gasteiger partial charge on any atom is -0.412 e. The lowest BCUT2D eigenvalue weighted by molar-refractivity contribution is 0.114. The van der Waals surface area contributed by atoms with Gasteiger partial charge in [-0.2, -0.15) is 0 Å². The molecule has 64 valence electrons. The molecule has 0 saturated carbocycles. The Balaban J connectivity index is 2.53. The molecule has 0 aromatic carbocycles. The van der Waals surface area contributed by atoms with E-state index in [0.29, 0.717) is 0 Å². The Labute approximate surface area is 65.8 Å². The van der Waals surface area contributed by atoms with E-state index < -0.39 is 7.82 Å². The summed E-state index contributed by atoms with van der Waals surface area (Å²) in [6.07, 6.45) is 2.80. The fourth-order valence-corrected chi connectivity index (χ4v) is 1.83. The number of hydrogen-bond acceptors (Lipinski definition) is 4. The molecule has 0 bridgehead atoms. The van der Waals surface area contributed by atoms with Crippen molar-refractivity contribution in [1.82, 2.24) is 0 Å². The van der Waals surface area contributed by atoms with E-state index in [-0.39, 0.29) is 12.7 Å². The quantitative estimate of drug-likeness (QED) is 0.607. The number of hydrogen-bond donors (Lipinski definition) is 0. The fourth-order valence-electron chi connectivity index (χ4n) is 0.635. The van der Waals surface area contributed by atoms with Crippen LogP contribution in [0.5, 0.6) is 0 Å². The van der Waals surface area contributed by atoms with Crippen LogP contribution in [0.15, 0.2) is 12.3 Å². The van der Waals surface area contributed by atoms with E-state index in [4.69, 9.17) is 13.6 Å². The Morgan fingerprint density at radius 1 is 1.64 bits per heavy atom. The first-order valence-electron chi connectivity index (χ1n) is 3.39. The molecule has 11 heavy (non-hydrogen) atoms. The van der Waals surface area contributed by atoms with E-state index in [0.717, 1.165) is 0 Å². The minimum absolute atomic E-state index is 0.160. The second kappa shape index (κ2) is 3.39. The zero-order chi connectivity index (χ0) is 8.32. The molecule has 0 aliphatic carbocycles. The summed E-state index contributed by atoms with van der Waals surface area (Å²) in [5.41, 5.74) is 0. The van der Waals surface area contributed by atoms with Crippen molar-refractivity contribution in [2.75, 3.05) is 6.61 Å². The Kier molecular flexibility index (Phi) is 2.71. The summed E-state index contributed by atoms with van der Waals surface area (Å²) in [5.74, 6) is 0. The summed E-state index contributed by atoms with van der Waals surface area (Å²) in [4.78, 5) is 0. The third-order valence-electron chi connectivity index (χ3n) is 0.955. The summed E-state index contributed by atoms with van der Waals surface area (Å²) in [5, 5.41) is 0. The highest BCUT2D eigenvalue weighted by atomic mass is 31.2. The van der Waals surface area contributed by atoms with Crippen molar-refractivity contribution >= 4 is 7.82 Å². The van der Waals surface area contributed by atoms with Crippen LogP contribution >= 0.6 is 7.82 Å². The molecule has 1 aliphatic rings. The molecular formula is C6H11O4P. The molecule has 1 heterocycles. The summed E-state index contributed by atoms with van der Waals surface area (Å²) >= 11 is 0. The standard InChI is InChI=1S/C6H11O4P/c1-6(2)10-11(7)8-4-3-5-9-11/h3-4,6H,5H2,1-2H3. The van der Waals surface area contributed by atoms with Gasteiger partial charge in [-0.25, -0.2) is 4.57 Å². The molecule has 0 N–H and O–H groups in total. The average Bonchev–Trinajstić information content (AvgIpc) is 1.85. The Morgan fingerprint density at radius 2 is 2.36 bits per heavy atom. The first-order valence-corrected chi connectivity index (χ1v) is 4.85. The van der Waals surface area contributed by atoms with Crippen molar-refractivity contribution in [3.05, 3.63) is 12.3 Å². The van der Waals surface area contributed by atoms with Crippen molar-refractivity contribution < 1.29 is 18.1 Å². The third kappa shape index (κ3) is 2.66. The second-order valence-electron chi connectivity index (χ2n) is 2.37. The number of phosphoric acid groups is 1. The molecule has 4 nitrogen and oxygen atoms in total. The van der Waals surface area contributed by atoms with E-state index in [1.807, 2.05) is 0 Å². The van der Waals surface area contributed by atoms with Crippen LogP contribution < -0.4 is 0 Å². The topological polar surface area (TPSA) is 44.8 Å². The van der Waals surface area contributed by atoms with Crippen LogP contribution in [0.3, 0.4) is 0 Å². The normalized spacial score (nSPS) is 30.5. The number of phosphoric ester groups is 1. The van der Waals surface area contributed by atoms with Gasteiger partial charge in [0.05, 0.1) is 19.0 Å². The van der Waals surface area contributed by atoms with E-state index in [1.54, 1.807) is 19.9 Å². The smallest absolute Gasteiger partial charge is 0.412 e. The van der Waals surface area contributed by atoms with Crippen molar-refractivity contribution in [2.24, 2.45) is 0 Å². The van der Waals surface area contributed by atoms with Crippen molar-refractivity contribution in [2.45, 2.75) is 20.0 Å². The van der Waals surface area contributed by atoms with Gasteiger partial charge in [0.15, 0.2) is 0 Å². The minimum atomic E-state index is -3.26. The Hall–Kier alpha value is -0.310. The van der Waals surface area contributed by atoms with Crippen LogP contribution in [-0.4, -0.2) is 12.7 Å². The zero-order valence-corrected chi connectivity index (χ0v) is 7.41. The van der Waals surface area contributed by atoms with Crippen molar-refractivity contribution in [3.63, 3.8) is 0 Å². The first-order chi connectivity index (χ1) is 5.12. The first kappa shape index (κ1) is 8.78. The van der Waals surface area contributed by atoms with Crippen LogP contribution in [0.2, 0.25) is 0 Å². The van der Waals surface area contributed by atoms with Gasteiger partial charge in [-0.15, -0.1) is 0 Å². The van der Waals surface area contributed by atoms with Gasteiger partial charge in [0.25, 0.3) is 0 Å². The Bertz CT molecular complexity index is 199. The van der Waals surface area contributed by atoms with Crippen LogP contribution in [0.4, 0.5) is 0 Å². The molecule has 5 heteroatoms. The zero-order valence-electron chi connectivity index (χ0n) is 6.52. The largest absolute Gasteiger partial charge is 0.530 e. The molecule has 1 rings (SSSR count). The van der Waals surface area contributed by atoms with Crippen LogP contribution in [0, 0.1) is 0 Å². The summed E-state index contributed by atoms with van der Waals surface area (Å²) in [7, 11) is -3.26. The van der Waals surface area contributed by atoms with Crippen molar-refractivity contribution in [3.8, 4) is 0 Å². The maximum atomic E-state index is 11.3. The Morgan fingerprint density at radius 3 is 2.82 bits per heavy atom. The fraction of sp³-hybridized carbons (Fsp3) is 0.667. The highest BCUT2D eigenvalue weighted by Gasteiger charge is 2.29. The molecule has 1 atom stereocenters. The summed E-state index contributed by atoms with van der Waals surface area (Å²) in [6.45, 7) is 3.82. The van der Waals surface area contributed by atoms with Gasteiger partial charge >= 0.3 is 7.82 Å². The third-order valence-corrected chi connectivity index (χ3v) is 2.48. The molecule has 1 aliphatic heterocycles. The second-order valence-corrected chi connectivity index (χ2v) is 3.95. The van der Waals surface area contributed by atoms with Gasteiger partial charge in [0.1, 0.15) is 0 Å². The predicted molar refractivity (Wildman–Crippen MR) is 40.0 cm³/mol. The lowest BCUT2D eigenvalue weighted by atomic mass is 10.5. The molecule has 0 fully saturated rings. The van der Waals surface area contributed by atoms with Gasteiger partial charge in [-0.05, 0) is 19.9 Å². The highest BCUT2D eigenvalue weighted by Crippen LogP contribution is 2.52. The molecule has 0 saturated heterocycles.